The van der Waals surface area contributed by atoms with Gasteiger partial charge >= 0.3 is 0 Å². The quantitative estimate of drug-likeness (QED) is 0.173. The molecule has 11 nitrogen and oxygen atoms in total. The van der Waals surface area contributed by atoms with Crippen LogP contribution in [-0.4, -0.2) is 58.3 Å². The molecule has 4 aromatic heterocycles. The van der Waals surface area contributed by atoms with Gasteiger partial charge in [-0.2, -0.15) is 5.10 Å². The maximum Gasteiger partial charge on any atom is 0.154 e. The zero-order valence-electron chi connectivity index (χ0n) is 28.8. The van der Waals surface area contributed by atoms with E-state index in [0.717, 1.165) is 84.3 Å². The van der Waals surface area contributed by atoms with Crippen molar-refractivity contribution < 1.29 is 8.95 Å². The number of anilines is 2. The second-order valence-corrected chi connectivity index (χ2v) is 17.9. The largest absolute Gasteiger partial charge is 0.497 e. The lowest BCUT2D eigenvalue weighted by molar-refractivity contribution is 0.161. The first kappa shape index (κ1) is 33.5. The standard InChI is InChI=1S/C36H42ClN9O2S2/c1-35(2,3)50(47)43-32-31-25-6-5-7-26(25)42-46(31)21-36(32)13-16-44(17-14-36)34-27-19-38-22-45(27)29(20-41-34)49-28-12-15-39-33(30(28)37)40-18-23-8-10-24(48-4)11-9-23/h8-12,15,19-20,22,32,43H,5-7,13-14,16-18,21H2,1-4H3,(H,39,40)/t32-,50-/m1/s1. The van der Waals surface area contributed by atoms with Crippen molar-refractivity contribution in [2.24, 2.45) is 5.41 Å². The number of hydrogen-bond acceptors (Lipinski definition) is 9. The second-order valence-electron chi connectivity index (χ2n) is 14.4. The maximum absolute atomic E-state index is 13.5. The van der Waals surface area contributed by atoms with Crippen molar-refractivity contribution >= 4 is 51.5 Å². The molecule has 1 saturated heterocycles. The highest BCUT2D eigenvalue weighted by molar-refractivity contribution is 7.99. The summed E-state index contributed by atoms with van der Waals surface area (Å²) in [6.45, 7) is 9.23. The molecule has 1 fully saturated rings. The number of aromatic nitrogens is 6. The Morgan fingerprint density at radius 1 is 1.10 bits per heavy atom. The van der Waals surface area contributed by atoms with Gasteiger partial charge in [0, 0.05) is 42.7 Å². The molecule has 262 valence electrons. The number of benzene rings is 1. The summed E-state index contributed by atoms with van der Waals surface area (Å²) in [4.78, 5) is 17.3. The van der Waals surface area contributed by atoms with E-state index in [9.17, 15) is 4.21 Å². The number of nitrogens with one attached hydrogen (secondary N) is 2. The van der Waals surface area contributed by atoms with Crippen LogP contribution in [0.4, 0.5) is 11.6 Å². The first-order valence-electron chi connectivity index (χ1n) is 17.2. The molecule has 2 N–H and O–H groups in total. The highest BCUT2D eigenvalue weighted by atomic mass is 35.5. The van der Waals surface area contributed by atoms with Gasteiger partial charge in [0.2, 0.25) is 0 Å². The van der Waals surface area contributed by atoms with Crippen LogP contribution in [0.1, 0.15) is 68.6 Å². The fourth-order valence-electron chi connectivity index (χ4n) is 7.54. The van der Waals surface area contributed by atoms with Crippen molar-refractivity contribution in [3.63, 3.8) is 0 Å². The topological polar surface area (TPSA) is 114 Å². The zero-order chi connectivity index (χ0) is 34.6. The first-order chi connectivity index (χ1) is 24.1. The molecule has 1 aliphatic carbocycles. The van der Waals surface area contributed by atoms with Crippen LogP contribution in [0.2, 0.25) is 5.02 Å². The minimum Gasteiger partial charge on any atom is -0.497 e. The van der Waals surface area contributed by atoms with Gasteiger partial charge in [-0.25, -0.2) is 23.9 Å². The fraction of sp³-hybridized carbons (Fsp3) is 0.444. The SMILES string of the molecule is COc1ccc(CNc2nccc(Sc3cnc(N4CCC5(CC4)Cn4nc6c(c4[C@H]5N[S@](=O)C(C)(C)C)CCC6)c4cncn34)c2Cl)cc1. The second kappa shape index (κ2) is 13.2. The van der Waals surface area contributed by atoms with Gasteiger partial charge in [0.25, 0.3) is 0 Å². The van der Waals surface area contributed by atoms with Crippen LogP contribution in [0.15, 0.2) is 65.2 Å². The van der Waals surface area contributed by atoms with Crippen molar-refractivity contribution in [1.82, 2.24) is 33.9 Å². The van der Waals surface area contributed by atoms with Crippen LogP contribution in [-0.2, 0) is 36.9 Å². The maximum atomic E-state index is 13.5. The minimum absolute atomic E-state index is 0.0153. The summed E-state index contributed by atoms with van der Waals surface area (Å²) < 4.78 is 26.4. The summed E-state index contributed by atoms with van der Waals surface area (Å²) in [7, 11) is 0.472. The summed E-state index contributed by atoms with van der Waals surface area (Å²) in [5, 5.41) is 9.89. The third-order valence-corrected chi connectivity index (χ3v) is 13.4. The molecular formula is C36H42ClN9O2S2. The van der Waals surface area contributed by atoms with E-state index in [0.29, 0.717) is 17.4 Å². The number of ether oxygens (including phenoxy) is 1. The number of imidazole rings is 1. The van der Waals surface area contributed by atoms with Gasteiger partial charge in [-0.15, -0.1) is 0 Å². The molecule has 0 saturated carbocycles. The number of fused-ring (bicyclic) bond motifs is 4. The molecule has 2 atom stereocenters. The Labute approximate surface area is 304 Å². The lowest BCUT2D eigenvalue weighted by Gasteiger charge is -2.43. The third kappa shape index (κ3) is 6.05. The van der Waals surface area contributed by atoms with Gasteiger partial charge in [0.15, 0.2) is 5.82 Å². The van der Waals surface area contributed by atoms with Gasteiger partial charge in [-0.05, 0) is 82.2 Å². The number of rotatable bonds is 9. The van der Waals surface area contributed by atoms with E-state index in [1.165, 1.54) is 28.7 Å². The summed E-state index contributed by atoms with van der Waals surface area (Å²) in [5.41, 5.74) is 5.89. The monoisotopic (exact) mass is 731 g/mol. The van der Waals surface area contributed by atoms with Crippen LogP contribution in [0, 0.1) is 5.41 Å². The highest BCUT2D eigenvalue weighted by Crippen LogP contribution is 2.52. The number of aryl methyl sites for hydroxylation is 1. The molecule has 5 aromatic rings. The van der Waals surface area contributed by atoms with Crippen LogP contribution in [0.25, 0.3) is 5.52 Å². The highest BCUT2D eigenvalue weighted by Gasteiger charge is 2.52. The van der Waals surface area contributed by atoms with Crippen LogP contribution in [0.3, 0.4) is 0 Å². The molecule has 1 aromatic carbocycles. The van der Waals surface area contributed by atoms with E-state index in [4.69, 9.17) is 26.4 Å². The summed E-state index contributed by atoms with van der Waals surface area (Å²) in [5.74, 6) is 2.36. The number of hydrogen-bond donors (Lipinski definition) is 2. The molecule has 3 aliphatic rings. The predicted octanol–water partition coefficient (Wildman–Crippen LogP) is 6.63. The number of halogens is 1. The van der Waals surface area contributed by atoms with E-state index in [1.807, 2.05) is 69.8 Å². The van der Waals surface area contributed by atoms with Crippen molar-refractivity contribution in [1.29, 1.82) is 0 Å². The van der Waals surface area contributed by atoms with E-state index in [-0.39, 0.29) is 16.2 Å². The lowest BCUT2D eigenvalue weighted by Crippen LogP contribution is -2.48. The lowest BCUT2D eigenvalue weighted by atomic mass is 9.73. The van der Waals surface area contributed by atoms with Crippen LogP contribution >= 0.6 is 23.4 Å². The number of nitrogens with zero attached hydrogens (tertiary/aromatic N) is 7. The zero-order valence-corrected chi connectivity index (χ0v) is 31.2. The van der Waals surface area contributed by atoms with Gasteiger partial charge in [-0.3, -0.25) is 9.08 Å². The molecule has 8 rings (SSSR count). The van der Waals surface area contributed by atoms with E-state index in [2.05, 4.69) is 34.0 Å². The molecule has 2 aliphatic heterocycles. The van der Waals surface area contributed by atoms with Gasteiger partial charge in [0.1, 0.15) is 28.4 Å². The smallest absolute Gasteiger partial charge is 0.154 e. The van der Waals surface area contributed by atoms with Gasteiger partial charge < -0.3 is 15.0 Å². The molecular weight excluding hydrogens is 690 g/mol. The average Bonchev–Trinajstić information content (AvgIpc) is 3.89. The van der Waals surface area contributed by atoms with E-state index >= 15 is 0 Å². The predicted molar refractivity (Wildman–Crippen MR) is 199 cm³/mol. The third-order valence-electron chi connectivity index (χ3n) is 10.3. The summed E-state index contributed by atoms with van der Waals surface area (Å²) in [6, 6.07) is 9.85. The van der Waals surface area contributed by atoms with E-state index < -0.39 is 11.0 Å². The van der Waals surface area contributed by atoms with Crippen molar-refractivity contribution in [3.8, 4) is 5.75 Å². The molecule has 0 amide bonds. The Morgan fingerprint density at radius 3 is 2.66 bits per heavy atom. The van der Waals surface area contributed by atoms with Crippen molar-refractivity contribution in [2.75, 3.05) is 30.4 Å². The minimum atomic E-state index is -1.19. The number of pyridine rings is 1. The Kier molecular flexibility index (Phi) is 8.81. The van der Waals surface area contributed by atoms with Crippen LogP contribution in [0.5, 0.6) is 5.75 Å². The molecule has 1 spiro atoms. The number of piperidine rings is 1. The molecule has 6 heterocycles. The average molecular weight is 732 g/mol. The Morgan fingerprint density at radius 2 is 1.90 bits per heavy atom. The summed E-state index contributed by atoms with van der Waals surface area (Å²) >= 11 is 8.42. The molecule has 0 radical (unpaired) electrons. The Bertz CT molecular complexity index is 2070. The molecule has 50 heavy (non-hydrogen) atoms. The summed E-state index contributed by atoms with van der Waals surface area (Å²) in [6.07, 6.45) is 12.6. The van der Waals surface area contributed by atoms with Gasteiger partial charge in [-0.1, -0.05) is 35.5 Å². The Hall–Kier alpha value is -3.65. The Balaban J connectivity index is 0.996. The van der Waals surface area contributed by atoms with Crippen molar-refractivity contribution in [2.45, 2.75) is 86.7 Å². The molecule has 0 bridgehead atoms. The normalized spacial score (nSPS) is 18.8. The van der Waals surface area contributed by atoms with Crippen LogP contribution < -0.4 is 19.7 Å². The molecule has 0 unspecified atom stereocenters. The van der Waals surface area contributed by atoms with Crippen molar-refractivity contribution in [3.05, 3.63) is 82.8 Å². The number of methoxy groups -OCH3 is 1. The van der Waals surface area contributed by atoms with E-state index in [1.54, 1.807) is 13.3 Å². The fourth-order valence-corrected chi connectivity index (χ4v) is 9.65. The molecule has 14 heteroatoms. The van der Waals surface area contributed by atoms with Gasteiger partial charge in [0.05, 0.1) is 57.7 Å². The first-order valence-corrected chi connectivity index (χ1v) is 19.5.